The Hall–Kier alpha value is -4.83. The van der Waals surface area contributed by atoms with Gasteiger partial charge in [-0.25, -0.2) is 9.13 Å². The first-order valence-electron chi connectivity index (χ1n) is 36.8. The summed E-state index contributed by atoms with van der Waals surface area (Å²) in [6, 6.07) is 0. The third-order valence-electron chi connectivity index (χ3n) is 14.7. The second-order valence-corrected chi connectivity index (χ2v) is 26.9. The molecule has 0 saturated carbocycles. The fourth-order valence-electron chi connectivity index (χ4n) is 9.17. The third kappa shape index (κ3) is 72.2. The van der Waals surface area contributed by atoms with Crippen LogP contribution in [-0.2, 0) is 55.8 Å². The lowest BCUT2D eigenvalue weighted by molar-refractivity contribution is -0.161. The Labute approximate surface area is 587 Å². The zero-order chi connectivity index (χ0) is 70.9. The molecule has 16 nitrogen and oxygen atoms in total. The summed E-state index contributed by atoms with van der Waals surface area (Å²) in [6.07, 6.45) is 87.2. The van der Waals surface area contributed by atoms with E-state index in [0.717, 1.165) is 180 Å². The Morgan fingerprint density at radius 2 is 0.546 bits per heavy atom. The maximum Gasteiger partial charge on any atom is 0.472 e. The quantitative estimate of drug-likeness (QED) is 0.0146. The molecule has 0 rings (SSSR count). The molecule has 0 aromatic heterocycles. The molecule has 97 heavy (non-hydrogen) atoms. The van der Waals surface area contributed by atoms with Gasteiger partial charge in [0, 0.05) is 19.3 Å². The summed E-state index contributed by atoms with van der Waals surface area (Å²) >= 11 is 0. The van der Waals surface area contributed by atoms with Gasteiger partial charge in [-0.05, 0) is 141 Å². The molecule has 0 heterocycles. The highest BCUT2D eigenvalue weighted by Gasteiger charge is 2.29. The van der Waals surface area contributed by atoms with Gasteiger partial charge in [0.1, 0.15) is 25.4 Å². The highest BCUT2D eigenvalue weighted by molar-refractivity contribution is 7.47. The zero-order valence-corrected chi connectivity index (χ0v) is 61.7. The van der Waals surface area contributed by atoms with Crippen LogP contribution in [0.25, 0.3) is 0 Å². The van der Waals surface area contributed by atoms with Crippen molar-refractivity contribution in [1.29, 1.82) is 0 Å². The number of carbonyl (C=O) groups is 3. The fraction of sp³-hybridized carbons (Fsp3) is 0.633. The number of allylic oxidation sites excluding steroid dienone is 26. The number of aliphatic hydroxyl groups excluding tert-OH is 2. The molecule has 0 aliphatic heterocycles. The van der Waals surface area contributed by atoms with Crippen molar-refractivity contribution < 1.29 is 75.8 Å². The van der Waals surface area contributed by atoms with Crippen LogP contribution in [0.4, 0.5) is 0 Å². The Kier molecular flexibility index (Phi) is 67.5. The van der Waals surface area contributed by atoms with Crippen LogP contribution in [0.3, 0.4) is 0 Å². The van der Waals surface area contributed by atoms with Crippen LogP contribution in [0.2, 0.25) is 0 Å². The van der Waals surface area contributed by atoms with Gasteiger partial charge in [-0.3, -0.25) is 32.5 Å². The van der Waals surface area contributed by atoms with Gasteiger partial charge in [-0.1, -0.05) is 262 Å². The third-order valence-corrected chi connectivity index (χ3v) is 16.6. The lowest BCUT2D eigenvalue weighted by Crippen LogP contribution is -2.30. The van der Waals surface area contributed by atoms with Gasteiger partial charge < -0.3 is 34.2 Å². The lowest BCUT2D eigenvalue weighted by Gasteiger charge is -2.21. The molecule has 5 atom stereocenters. The molecule has 0 spiro atoms. The number of ether oxygens (including phenoxy) is 3. The van der Waals surface area contributed by atoms with Crippen molar-refractivity contribution in [2.45, 2.75) is 283 Å². The lowest BCUT2D eigenvalue weighted by atomic mass is 10.1. The summed E-state index contributed by atoms with van der Waals surface area (Å²) in [7, 11) is -9.81. The SMILES string of the molecule is CC/C=C\C/C=C\C/C=C\C/C=C\C/C=C\C/C=C\CCCCCCC(=O)OCC(COP(=O)(O)OCC(O)COP(=O)(O)OCC(O)COC(=O)CCCCCCCCCCC/C=C\C/C=C\C/C=C\C/C=C\C/C=C\CC)OC(=O)CCCCCCC/C=C\C/C=C\CCC. The van der Waals surface area contributed by atoms with Crippen LogP contribution in [0.15, 0.2) is 158 Å². The number of phosphoric acid groups is 2. The summed E-state index contributed by atoms with van der Waals surface area (Å²) in [5.41, 5.74) is 0. The molecule has 0 fully saturated rings. The summed E-state index contributed by atoms with van der Waals surface area (Å²) in [5.74, 6) is -1.64. The Balaban J connectivity index is 4.62. The molecule has 0 aliphatic rings. The molecule has 0 aliphatic carbocycles. The minimum atomic E-state index is -4.94. The van der Waals surface area contributed by atoms with Crippen molar-refractivity contribution in [2.24, 2.45) is 0 Å². The van der Waals surface area contributed by atoms with E-state index in [1.165, 1.54) is 25.7 Å². The van der Waals surface area contributed by atoms with E-state index in [-0.39, 0.29) is 19.3 Å². The molecule has 0 bridgehead atoms. The van der Waals surface area contributed by atoms with Crippen LogP contribution >= 0.6 is 15.6 Å². The molecule has 0 radical (unpaired) electrons. The van der Waals surface area contributed by atoms with Crippen molar-refractivity contribution in [3.63, 3.8) is 0 Å². The van der Waals surface area contributed by atoms with Gasteiger partial charge >= 0.3 is 33.6 Å². The zero-order valence-electron chi connectivity index (χ0n) is 59.9. The highest BCUT2D eigenvalue weighted by atomic mass is 31.2. The van der Waals surface area contributed by atoms with Gasteiger partial charge in [0.2, 0.25) is 0 Å². The number of phosphoric ester groups is 2. The highest BCUT2D eigenvalue weighted by Crippen LogP contribution is 2.45. The van der Waals surface area contributed by atoms with Gasteiger partial charge in [-0.2, -0.15) is 0 Å². The van der Waals surface area contributed by atoms with Crippen LogP contribution in [-0.4, -0.2) is 95.9 Å². The Morgan fingerprint density at radius 1 is 0.299 bits per heavy atom. The van der Waals surface area contributed by atoms with Crippen molar-refractivity contribution in [3.8, 4) is 0 Å². The molecule has 552 valence electrons. The van der Waals surface area contributed by atoms with Crippen LogP contribution in [0.1, 0.15) is 265 Å². The van der Waals surface area contributed by atoms with Gasteiger partial charge in [0.25, 0.3) is 0 Å². The van der Waals surface area contributed by atoms with Crippen molar-refractivity contribution in [1.82, 2.24) is 0 Å². The van der Waals surface area contributed by atoms with E-state index in [9.17, 15) is 43.5 Å². The molecule has 18 heteroatoms. The first-order chi connectivity index (χ1) is 47.2. The predicted molar refractivity (Wildman–Crippen MR) is 399 cm³/mol. The van der Waals surface area contributed by atoms with E-state index in [0.29, 0.717) is 19.3 Å². The average molecular weight is 1400 g/mol. The second-order valence-electron chi connectivity index (χ2n) is 24.0. The van der Waals surface area contributed by atoms with Crippen molar-refractivity contribution in [2.75, 3.05) is 39.6 Å². The predicted octanol–water partition coefficient (Wildman–Crippen LogP) is 21.1. The number of aliphatic hydroxyl groups is 2. The Morgan fingerprint density at radius 3 is 0.866 bits per heavy atom. The van der Waals surface area contributed by atoms with Gasteiger partial charge in [0.15, 0.2) is 6.10 Å². The standard InChI is InChI=1S/C79H130O16P2/c1-4-7-10-13-16-19-22-25-27-29-31-33-35-36-38-40-41-43-45-48-50-53-56-59-62-65-77(82)89-68-74(80)69-91-96(85,86)92-70-75(81)71-93-97(87,88)94-73-76(95-79(84)67-64-61-58-55-52-47-24-21-18-15-12-9-6-3)72-90-78(83)66-63-60-57-54-51-49-46-44-42-39-37-34-32-30-28-26-23-20-17-14-11-8-5-2/h7-8,10-12,15-17,19-21,24-28,31-34,36,38-39,42,46,49,74-76,80-81H,4-6,9,13-14,18,22-23,29-30,35,37,40-41,43-45,47-48,50-73H2,1-3H3,(H,85,86)(H,87,88)/b10-7-,11-8-,15-12-,19-16-,20-17-,24-21-,27-25-,28-26-,33-31-,34-32-,38-36-,42-39-,49-46-. The fourth-order valence-corrected chi connectivity index (χ4v) is 10.8. The summed E-state index contributed by atoms with van der Waals surface area (Å²) < 4.78 is 61.0. The summed E-state index contributed by atoms with van der Waals surface area (Å²) in [6.45, 7) is 2.31. The molecular weight excluding hydrogens is 1270 g/mol. The molecule has 4 N–H and O–H groups in total. The smallest absolute Gasteiger partial charge is 0.463 e. The van der Waals surface area contributed by atoms with Crippen molar-refractivity contribution >= 4 is 33.6 Å². The normalized spacial score (nSPS) is 15.0. The summed E-state index contributed by atoms with van der Waals surface area (Å²) in [4.78, 5) is 58.5. The van der Waals surface area contributed by atoms with E-state index >= 15 is 0 Å². The molecule has 0 aromatic rings. The maximum atomic E-state index is 12.9. The van der Waals surface area contributed by atoms with E-state index in [2.05, 4.69) is 179 Å². The number of hydrogen-bond acceptors (Lipinski definition) is 14. The van der Waals surface area contributed by atoms with E-state index in [1.807, 2.05) is 0 Å². The topological polar surface area (TPSA) is 231 Å². The van der Waals surface area contributed by atoms with E-state index in [1.54, 1.807) is 0 Å². The molecule has 5 unspecified atom stereocenters. The molecule has 0 aromatic carbocycles. The van der Waals surface area contributed by atoms with Gasteiger partial charge in [0.05, 0.1) is 26.4 Å². The first-order valence-corrected chi connectivity index (χ1v) is 39.8. The van der Waals surface area contributed by atoms with Crippen LogP contribution in [0, 0.1) is 0 Å². The van der Waals surface area contributed by atoms with E-state index < -0.39 is 91.5 Å². The first kappa shape index (κ1) is 92.2. The molecular formula is C79H130O16P2. The monoisotopic (exact) mass is 1400 g/mol. The largest absolute Gasteiger partial charge is 0.472 e. The second kappa shape index (κ2) is 71.0. The van der Waals surface area contributed by atoms with Crippen molar-refractivity contribution in [3.05, 3.63) is 158 Å². The number of unbranched alkanes of at least 4 members (excludes halogenated alkanes) is 19. The number of rotatable bonds is 68. The summed E-state index contributed by atoms with van der Waals surface area (Å²) in [5, 5.41) is 20.6. The number of hydrogen-bond donors (Lipinski definition) is 4. The Bertz CT molecular complexity index is 2400. The minimum Gasteiger partial charge on any atom is -0.463 e. The van der Waals surface area contributed by atoms with Crippen LogP contribution < -0.4 is 0 Å². The average Bonchev–Trinajstić information content (AvgIpc) is 1.87. The molecule has 0 saturated heterocycles. The minimum absolute atomic E-state index is 0.0768. The maximum absolute atomic E-state index is 12.9. The van der Waals surface area contributed by atoms with Crippen LogP contribution in [0.5, 0.6) is 0 Å². The molecule has 0 amide bonds. The van der Waals surface area contributed by atoms with E-state index in [4.69, 9.17) is 32.3 Å². The number of esters is 3. The number of carbonyl (C=O) groups excluding carboxylic acids is 3. The van der Waals surface area contributed by atoms with Gasteiger partial charge in [-0.15, -0.1) is 0 Å².